The van der Waals surface area contributed by atoms with Crippen LogP contribution in [0, 0.1) is 0 Å². The Labute approximate surface area is 146 Å². The summed E-state index contributed by atoms with van der Waals surface area (Å²) >= 11 is 1.63. The Morgan fingerprint density at radius 3 is 2.46 bits per heavy atom. The molecule has 0 unspecified atom stereocenters. The third-order valence-electron chi connectivity index (χ3n) is 4.17. The molecule has 1 fully saturated rings. The molecule has 5 heteroatoms. The lowest BCUT2D eigenvalue weighted by Crippen LogP contribution is -2.43. The monoisotopic (exact) mass is 336 g/mol. The molecule has 1 aliphatic heterocycles. The first-order valence-electron chi connectivity index (χ1n) is 8.22. The number of hydrogen-bond acceptors (Lipinski definition) is 5. The van der Waals surface area contributed by atoms with E-state index >= 15 is 0 Å². The molecule has 0 atom stereocenters. The third kappa shape index (κ3) is 3.42. The predicted octanol–water partition coefficient (Wildman–Crippen LogP) is 3.96. The van der Waals surface area contributed by atoms with Crippen LogP contribution in [0.3, 0.4) is 0 Å². The van der Waals surface area contributed by atoms with Gasteiger partial charge in [0, 0.05) is 48.5 Å². The molecule has 0 amide bonds. The zero-order chi connectivity index (χ0) is 16.2. The fourth-order valence-electron chi connectivity index (χ4n) is 2.87. The molecule has 2 aromatic carbocycles. The van der Waals surface area contributed by atoms with E-state index in [1.165, 1.54) is 5.69 Å². The van der Waals surface area contributed by atoms with Crippen LogP contribution in [0.15, 0.2) is 60.0 Å². The average Bonchev–Trinajstić information content (AvgIpc) is 3.12. The number of nitrogens with one attached hydrogen (secondary N) is 2. The van der Waals surface area contributed by atoms with Crippen molar-refractivity contribution in [1.82, 2.24) is 10.3 Å². The number of benzene rings is 2. The number of aromatic nitrogens is 1. The minimum atomic E-state index is 0.920. The number of hydrogen-bond donors (Lipinski definition) is 2. The summed E-state index contributed by atoms with van der Waals surface area (Å²) < 4.78 is 0. The summed E-state index contributed by atoms with van der Waals surface area (Å²) in [6.45, 7) is 4.25. The number of rotatable bonds is 4. The highest BCUT2D eigenvalue weighted by atomic mass is 32.1. The summed E-state index contributed by atoms with van der Waals surface area (Å²) in [5.74, 6) is 0. The van der Waals surface area contributed by atoms with Gasteiger partial charge in [-0.25, -0.2) is 4.98 Å². The Balaban J connectivity index is 1.45. The molecular weight excluding hydrogens is 316 g/mol. The fraction of sp³-hybridized carbons (Fsp3) is 0.211. The molecule has 2 heterocycles. The summed E-state index contributed by atoms with van der Waals surface area (Å²) in [6.07, 6.45) is 0. The Kier molecular flexibility index (Phi) is 4.44. The van der Waals surface area contributed by atoms with Crippen LogP contribution in [-0.2, 0) is 0 Å². The first-order valence-corrected chi connectivity index (χ1v) is 9.10. The van der Waals surface area contributed by atoms with Crippen molar-refractivity contribution in [1.29, 1.82) is 0 Å². The predicted molar refractivity (Wildman–Crippen MR) is 102 cm³/mol. The Hall–Kier alpha value is -2.37. The summed E-state index contributed by atoms with van der Waals surface area (Å²) in [5.41, 5.74) is 4.52. The molecule has 122 valence electrons. The molecule has 4 rings (SSSR count). The Morgan fingerprint density at radius 2 is 1.71 bits per heavy atom. The molecular formula is C19H20N4S. The van der Waals surface area contributed by atoms with Crippen molar-refractivity contribution in [3.63, 3.8) is 0 Å². The average molecular weight is 336 g/mol. The maximum absolute atomic E-state index is 4.68. The summed E-state index contributed by atoms with van der Waals surface area (Å²) in [6, 6.07) is 18.9. The maximum Gasteiger partial charge on any atom is 0.187 e. The zero-order valence-corrected chi connectivity index (χ0v) is 14.2. The third-order valence-corrected chi connectivity index (χ3v) is 4.93. The van der Waals surface area contributed by atoms with Gasteiger partial charge in [0.1, 0.15) is 0 Å². The van der Waals surface area contributed by atoms with Gasteiger partial charge >= 0.3 is 0 Å². The minimum absolute atomic E-state index is 0.920. The van der Waals surface area contributed by atoms with E-state index in [0.29, 0.717) is 0 Å². The molecule has 0 radical (unpaired) electrons. The van der Waals surface area contributed by atoms with Gasteiger partial charge in [0.2, 0.25) is 0 Å². The standard InChI is InChI=1S/C19H20N4S/c1-2-4-15(5-3-1)18-14-24-19(22-18)21-16-6-8-17(9-7-16)23-12-10-20-11-13-23/h1-9,14,20H,10-13H2,(H,21,22). The van der Waals surface area contributed by atoms with Crippen LogP contribution < -0.4 is 15.5 Å². The van der Waals surface area contributed by atoms with Gasteiger partial charge in [0.25, 0.3) is 0 Å². The van der Waals surface area contributed by atoms with Crippen molar-refractivity contribution < 1.29 is 0 Å². The molecule has 1 aliphatic rings. The van der Waals surface area contributed by atoms with E-state index in [0.717, 1.165) is 48.3 Å². The van der Waals surface area contributed by atoms with Crippen LogP contribution in [-0.4, -0.2) is 31.2 Å². The number of nitrogens with zero attached hydrogens (tertiary/aromatic N) is 2. The summed E-state index contributed by atoms with van der Waals surface area (Å²) in [5, 5.41) is 9.79. The van der Waals surface area contributed by atoms with E-state index < -0.39 is 0 Å². The van der Waals surface area contributed by atoms with Crippen molar-refractivity contribution in [2.24, 2.45) is 0 Å². The quantitative estimate of drug-likeness (QED) is 0.756. The molecule has 24 heavy (non-hydrogen) atoms. The van der Waals surface area contributed by atoms with Crippen LogP contribution in [0.1, 0.15) is 0 Å². The van der Waals surface area contributed by atoms with Gasteiger partial charge in [-0.3, -0.25) is 0 Å². The lowest BCUT2D eigenvalue weighted by molar-refractivity contribution is 0.589. The largest absolute Gasteiger partial charge is 0.369 e. The molecule has 3 aromatic rings. The van der Waals surface area contributed by atoms with Gasteiger partial charge in [-0.1, -0.05) is 30.3 Å². The molecule has 0 bridgehead atoms. The normalized spacial score (nSPS) is 14.6. The van der Waals surface area contributed by atoms with E-state index in [1.807, 2.05) is 18.2 Å². The first kappa shape index (κ1) is 15.2. The SMILES string of the molecule is c1ccc(-c2csc(Nc3ccc(N4CCNCC4)cc3)n2)cc1. The van der Waals surface area contributed by atoms with Gasteiger partial charge in [0.15, 0.2) is 5.13 Å². The van der Waals surface area contributed by atoms with E-state index in [9.17, 15) is 0 Å². The van der Waals surface area contributed by atoms with Crippen LogP contribution in [0.2, 0.25) is 0 Å². The van der Waals surface area contributed by atoms with Crippen LogP contribution in [0.4, 0.5) is 16.5 Å². The van der Waals surface area contributed by atoms with Crippen LogP contribution in [0.5, 0.6) is 0 Å². The fourth-order valence-corrected chi connectivity index (χ4v) is 3.61. The van der Waals surface area contributed by atoms with Crippen molar-refractivity contribution >= 4 is 27.8 Å². The van der Waals surface area contributed by atoms with Crippen molar-refractivity contribution in [3.8, 4) is 11.3 Å². The van der Waals surface area contributed by atoms with Crippen molar-refractivity contribution in [3.05, 3.63) is 60.0 Å². The van der Waals surface area contributed by atoms with Gasteiger partial charge in [-0.2, -0.15) is 0 Å². The Morgan fingerprint density at radius 1 is 0.958 bits per heavy atom. The van der Waals surface area contributed by atoms with Crippen molar-refractivity contribution in [2.75, 3.05) is 36.4 Å². The van der Waals surface area contributed by atoms with Crippen LogP contribution in [0.25, 0.3) is 11.3 Å². The highest BCUT2D eigenvalue weighted by Gasteiger charge is 2.10. The number of thiazole rings is 1. The highest BCUT2D eigenvalue weighted by molar-refractivity contribution is 7.14. The van der Waals surface area contributed by atoms with Gasteiger partial charge in [-0.05, 0) is 24.3 Å². The second-order valence-electron chi connectivity index (χ2n) is 5.81. The molecule has 4 nitrogen and oxygen atoms in total. The topological polar surface area (TPSA) is 40.2 Å². The van der Waals surface area contributed by atoms with Crippen LogP contribution >= 0.6 is 11.3 Å². The zero-order valence-electron chi connectivity index (χ0n) is 13.4. The van der Waals surface area contributed by atoms with Gasteiger partial charge in [-0.15, -0.1) is 11.3 Å². The van der Waals surface area contributed by atoms with Gasteiger partial charge in [0.05, 0.1) is 5.69 Å². The molecule has 0 spiro atoms. The molecule has 0 saturated carbocycles. The lowest BCUT2D eigenvalue weighted by atomic mass is 10.2. The maximum atomic E-state index is 4.68. The van der Waals surface area contributed by atoms with E-state index in [-0.39, 0.29) is 0 Å². The molecule has 0 aliphatic carbocycles. The molecule has 1 aromatic heterocycles. The highest BCUT2D eigenvalue weighted by Crippen LogP contribution is 2.27. The van der Waals surface area contributed by atoms with Gasteiger partial charge < -0.3 is 15.5 Å². The van der Waals surface area contributed by atoms with Crippen molar-refractivity contribution in [2.45, 2.75) is 0 Å². The minimum Gasteiger partial charge on any atom is -0.369 e. The van der Waals surface area contributed by atoms with E-state index in [4.69, 9.17) is 0 Å². The van der Waals surface area contributed by atoms with E-state index in [1.54, 1.807) is 11.3 Å². The lowest BCUT2D eigenvalue weighted by Gasteiger charge is -2.29. The second kappa shape index (κ2) is 7.03. The number of anilines is 3. The summed E-state index contributed by atoms with van der Waals surface area (Å²) in [7, 11) is 0. The van der Waals surface area contributed by atoms with E-state index in [2.05, 4.69) is 62.3 Å². The smallest absolute Gasteiger partial charge is 0.187 e. The second-order valence-corrected chi connectivity index (χ2v) is 6.67. The Bertz CT molecular complexity index is 777. The first-order chi connectivity index (χ1) is 11.9. The molecule has 1 saturated heterocycles. The number of piperazine rings is 1. The molecule has 2 N–H and O–H groups in total. The summed E-state index contributed by atoms with van der Waals surface area (Å²) in [4.78, 5) is 7.09.